The molecule has 1 aromatic rings. The van der Waals surface area contributed by atoms with Crippen LogP contribution in [-0.2, 0) is 4.74 Å². The third-order valence-corrected chi connectivity index (χ3v) is 5.98. The van der Waals surface area contributed by atoms with E-state index in [2.05, 4.69) is 26.6 Å². The molecule has 0 aromatic carbocycles. The van der Waals surface area contributed by atoms with Crippen LogP contribution in [0.25, 0.3) is 0 Å². The van der Waals surface area contributed by atoms with Gasteiger partial charge in [-0.25, -0.2) is 4.99 Å². The van der Waals surface area contributed by atoms with Gasteiger partial charge < -0.3 is 25.3 Å². The molecule has 1 aromatic heterocycles. The van der Waals surface area contributed by atoms with Crippen molar-refractivity contribution in [2.75, 3.05) is 38.2 Å². The minimum absolute atomic E-state index is 0.256. The maximum Gasteiger partial charge on any atom is 0.401 e. The Balaban J connectivity index is 1.72. The molecule has 9 heteroatoms. The van der Waals surface area contributed by atoms with Gasteiger partial charge in [0.15, 0.2) is 5.72 Å². The first-order valence-electron chi connectivity index (χ1n) is 11.0. The summed E-state index contributed by atoms with van der Waals surface area (Å²) in [5.41, 5.74) is 1.92. The predicted octanol–water partition coefficient (Wildman–Crippen LogP) is 3.10. The maximum absolute atomic E-state index is 12.3. The lowest BCUT2D eigenvalue weighted by molar-refractivity contribution is -0.124. The number of piperazine rings is 1. The Kier molecular flexibility index (Phi) is 7.82. The molecular formula is C22H34F3N5O. The molecule has 3 heterocycles. The first-order chi connectivity index (χ1) is 14.7. The van der Waals surface area contributed by atoms with E-state index in [4.69, 9.17) is 9.73 Å². The third-order valence-electron chi connectivity index (χ3n) is 5.98. The number of ether oxygens (including phenoxy) is 1. The molecular weight excluding hydrogens is 407 g/mol. The van der Waals surface area contributed by atoms with Gasteiger partial charge in [0.25, 0.3) is 0 Å². The maximum atomic E-state index is 12.3. The molecule has 3 atom stereocenters. The highest BCUT2D eigenvalue weighted by Gasteiger charge is 2.32. The average molecular weight is 442 g/mol. The highest BCUT2D eigenvalue weighted by molar-refractivity contribution is 5.46. The predicted molar refractivity (Wildman–Crippen MR) is 116 cm³/mol. The van der Waals surface area contributed by atoms with Gasteiger partial charge in [0.2, 0.25) is 0 Å². The molecule has 31 heavy (non-hydrogen) atoms. The van der Waals surface area contributed by atoms with Gasteiger partial charge in [0, 0.05) is 50.2 Å². The molecule has 2 bridgehead atoms. The lowest BCUT2D eigenvalue weighted by Crippen LogP contribution is -2.51. The number of rotatable bonds is 9. The van der Waals surface area contributed by atoms with Crippen molar-refractivity contribution < 1.29 is 17.9 Å². The number of fused-ring (bicyclic) bond motifs is 2. The zero-order chi connectivity index (χ0) is 22.5. The Morgan fingerprint density at radius 2 is 2.03 bits per heavy atom. The van der Waals surface area contributed by atoms with Gasteiger partial charge in [-0.15, -0.1) is 0 Å². The summed E-state index contributed by atoms with van der Waals surface area (Å²) >= 11 is 0. The van der Waals surface area contributed by atoms with E-state index in [-0.39, 0.29) is 6.54 Å². The second-order valence-electron chi connectivity index (χ2n) is 8.54. The molecule has 0 saturated carbocycles. The lowest BCUT2D eigenvalue weighted by atomic mass is 10.1. The van der Waals surface area contributed by atoms with Crippen molar-refractivity contribution in [2.24, 2.45) is 4.99 Å². The van der Waals surface area contributed by atoms with Crippen LogP contribution in [0.5, 0.6) is 0 Å². The van der Waals surface area contributed by atoms with Crippen LogP contribution in [0, 0.1) is 0 Å². The minimum Gasteiger partial charge on any atom is -0.368 e. The van der Waals surface area contributed by atoms with E-state index in [9.17, 15) is 13.2 Å². The van der Waals surface area contributed by atoms with E-state index in [1.54, 1.807) is 7.11 Å². The summed E-state index contributed by atoms with van der Waals surface area (Å²) in [5, 5.41) is 6.09. The molecule has 0 spiro atoms. The van der Waals surface area contributed by atoms with E-state index in [1.807, 2.05) is 32.2 Å². The number of hydrogen-bond acceptors (Lipinski definition) is 5. The molecule has 2 aliphatic heterocycles. The molecule has 174 valence electrons. The van der Waals surface area contributed by atoms with Gasteiger partial charge in [-0.2, -0.15) is 13.2 Å². The Hall–Kier alpha value is -1.84. The number of pyridine rings is 1. The van der Waals surface area contributed by atoms with Crippen LogP contribution in [-0.4, -0.2) is 62.3 Å². The second-order valence-corrected chi connectivity index (χ2v) is 8.54. The lowest BCUT2D eigenvalue weighted by Gasteiger charge is -2.34. The largest absolute Gasteiger partial charge is 0.401 e. The van der Waals surface area contributed by atoms with E-state index in [0.717, 1.165) is 30.8 Å². The van der Waals surface area contributed by atoms with Crippen LogP contribution in [0.1, 0.15) is 39.5 Å². The molecule has 6 nitrogen and oxygen atoms in total. The number of aromatic nitrogens is 1. The number of nitrogens with one attached hydrogen (secondary N) is 3. The van der Waals surface area contributed by atoms with E-state index < -0.39 is 18.4 Å². The molecule has 2 saturated heterocycles. The Morgan fingerprint density at radius 1 is 1.32 bits per heavy atom. The van der Waals surface area contributed by atoms with Crippen LogP contribution in [0.3, 0.4) is 0 Å². The molecule has 2 fully saturated rings. The van der Waals surface area contributed by atoms with Crippen molar-refractivity contribution in [3.8, 4) is 0 Å². The van der Waals surface area contributed by atoms with Crippen molar-refractivity contribution in [1.82, 2.24) is 15.6 Å². The summed E-state index contributed by atoms with van der Waals surface area (Å²) in [6.45, 7) is 5.10. The van der Waals surface area contributed by atoms with Gasteiger partial charge in [-0.05, 0) is 51.3 Å². The number of alkyl halides is 3. The molecule has 0 aliphatic carbocycles. The van der Waals surface area contributed by atoms with Crippen molar-refractivity contribution in [1.29, 1.82) is 0 Å². The Labute approximate surface area is 182 Å². The van der Waals surface area contributed by atoms with Crippen LogP contribution >= 0.6 is 0 Å². The van der Waals surface area contributed by atoms with Crippen LogP contribution in [0.15, 0.2) is 35.0 Å². The highest BCUT2D eigenvalue weighted by atomic mass is 19.4. The molecule has 3 unspecified atom stereocenters. The number of methoxy groups -OCH3 is 1. The second kappa shape index (κ2) is 10.2. The smallest absolute Gasteiger partial charge is 0.368 e. The quantitative estimate of drug-likeness (QED) is 0.407. The van der Waals surface area contributed by atoms with Gasteiger partial charge >= 0.3 is 6.18 Å². The number of anilines is 1. The fourth-order valence-corrected chi connectivity index (χ4v) is 4.30. The van der Waals surface area contributed by atoms with E-state index >= 15 is 0 Å². The number of H-pyrrole nitrogens is 1. The highest BCUT2D eigenvalue weighted by Crippen LogP contribution is 2.24. The van der Waals surface area contributed by atoms with Crippen molar-refractivity contribution in [3.05, 3.63) is 35.5 Å². The summed E-state index contributed by atoms with van der Waals surface area (Å²) in [6.07, 6.45) is 3.28. The minimum atomic E-state index is -4.20. The van der Waals surface area contributed by atoms with Gasteiger partial charge in [-0.3, -0.25) is 0 Å². The Morgan fingerprint density at radius 3 is 2.65 bits per heavy atom. The number of hydrogen-bond donors (Lipinski definition) is 3. The fraction of sp³-hybridized carbons (Fsp3) is 0.682. The van der Waals surface area contributed by atoms with Crippen LogP contribution < -0.4 is 21.0 Å². The van der Waals surface area contributed by atoms with Crippen LogP contribution in [0.2, 0.25) is 0 Å². The standard InChI is InChI=1S/C22H34F3N5O/c1-4-16(7-9-26-15-22(23,24)25)12-21(2,31-3)29-20-11-19(8-10-27-20)30-13-17-5-6-18(14-30)28-17/h8,10-12,17-18,26,28H,4-7,9,13-15H2,1-3H3,(H,27,29)/b16-12+. The zero-order valence-corrected chi connectivity index (χ0v) is 18.6. The van der Waals surface area contributed by atoms with Crippen molar-refractivity contribution >= 4 is 5.69 Å². The topological polar surface area (TPSA) is 64.7 Å². The summed E-state index contributed by atoms with van der Waals surface area (Å²) in [6, 6.07) is 5.20. The number of nitrogens with zero attached hydrogens (tertiary/aromatic N) is 2. The summed E-state index contributed by atoms with van der Waals surface area (Å²) in [5.74, 6) is 0. The SMILES string of the molecule is CC/C(=C\C(C)(/N=c1/cc(N2CC3CCC(C2)N3)cc[nH]1)OC)CCNCC(F)(F)F. The van der Waals surface area contributed by atoms with Gasteiger partial charge in [0.05, 0.1) is 6.54 Å². The number of aromatic amines is 1. The van der Waals surface area contributed by atoms with Crippen LogP contribution in [0.4, 0.5) is 18.9 Å². The first-order valence-corrected chi connectivity index (χ1v) is 11.0. The molecule has 0 amide bonds. The number of halogens is 3. The average Bonchev–Trinajstić information content (AvgIpc) is 3.07. The summed E-state index contributed by atoms with van der Waals surface area (Å²) in [7, 11) is 1.59. The van der Waals surface area contributed by atoms with E-state index in [1.165, 1.54) is 12.8 Å². The van der Waals surface area contributed by atoms with Gasteiger partial charge in [0.1, 0.15) is 5.49 Å². The molecule has 2 aliphatic rings. The monoisotopic (exact) mass is 441 g/mol. The first kappa shape index (κ1) is 23.8. The molecule has 0 radical (unpaired) electrons. The summed E-state index contributed by atoms with van der Waals surface area (Å²) < 4.78 is 42.6. The summed E-state index contributed by atoms with van der Waals surface area (Å²) in [4.78, 5) is 10.4. The van der Waals surface area contributed by atoms with Crippen molar-refractivity contribution in [2.45, 2.75) is 63.5 Å². The zero-order valence-electron chi connectivity index (χ0n) is 18.6. The normalized spacial score (nSPS) is 24.5. The van der Waals surface area contributed by atoms with Gasteiger partial charge in [-0.1, -0.05) is 12.5 Å². The van der Waals surface area contributed by atoms with E-state index in [0.29, 0.717) is 24.0 Å². The molecule has 3 rings (SSSR count). The fourth-order valence-electron chi connectivity index (χ4n) is 4.30. The Bertz CT molecular complexity index is 810. The third kappa shape index (κ3) is 7.08. The molecule has 3 N–H and O–H groups in total. The van der Waals surface area contributed by atoms with Crippen molar-refractivity contribution in [3.63, 3.8) is 0 Å².